The predicted molar refractivity (Wildman–Crippen MR) is 96.5 cm³/mol. The number of benzene rings is 2. The van der Waals surface area contributed by atoms with Gasteiger partial charge in [-0.2, -0.15) is 0 Å². The van der Waals surface area contributed by atoms with Crippen LogP contribution >= 0.6 is 0 Å². The number of hydrogen-bond donors (Lipinski definition) is 1. The molecule has 2 aromatic carbocycles. The number of rotatable bonds is 8. The third-order valence-electron chi connectivity index (χ3n) is 3.99. The van der Waals surface area contributed by atoms with Gasteiger partial charge in [0.1, 0.15) is 5.75 Å². The van der Waals surface area contributed by atoms with Gasteiger partial charge < -0.3 is 10.1 Å². The number of amides is 1. The van der Waals surface area contributed by atoms with Gasteiger partial charge in [0.15, 0.2) is 5.78 Å². The molecular weight excluding hydrogens is 336 g/mol. The minimum atomic E-state index is -0.482. The van der Waals surface area contributed by atoms with Crippen LogP contribution in [-0.4, -0.2) is 30.3 Å². The van der Waals surface area contributed by atoms with Gasteiger partial charge in [-0.15, -0.1) is 0 Å². The molecule has 1 N–H and O–H groups in total. The molecule has 7 heteroatoms. The second-order valence-electron chi connectivity index (χ2n) is 5.84. The molecule has 0 aliphatic heterocycles. The highest BCUT2D eigenvalue weighted by atomic mass is 16.6. The molecule has 0 bridgehead atoms. The zero-order valence-corrected chi connectivity index (χ0v) is 14.6. The molecule has 1 amide bonds. The molecule has 0 saturated heterocycles. The lowest BCUT2D eigenvalue weighted by atomic mass is 9.91. The Balaban J connectivity index is 2.23. The number of carbonyl (C=O) groups is 2. The number of nitrogens with one attached hydrogen (secondary N) is 1. The van der Waals surface area contributed by atoms with E-state index in [1.54, 1.807) is 43.5 Å². The van der Waals surface area contributed by atoms with E-state index in [1.165, 1.54) is 19.1 Å². The van der Waals surface area contributed by atoms with Crippen LogP contribution in [0.2, 0.25) is 0 Å². The van der Waals surface area contributed by atoms with E-state index in [2.05, 4.69) is 5.32 Å². The Hall–Kier alpha value is -3.22. The van der Waals surface area contributed by atoms with Gasteiger partial charge in [-0.25, -0.2) is 0 Å². The molecule has 0 spiro atoms. The zero-order chi connectivity index (χ0) is 19.1. The Morgan fingerprint density at radius 3 is 2.46 bits per heavy atom. The maximum Gasteiger partial charge on any atom is 0.269 e. The first-order valence-electron chi connectivity index (χ1n) is 8.06. The minimum Gasteiger partial charge on any atom is -0.497 e. The Bertz CT molecular complexity index is 802. The highest BCUT2D eigenvalue weighted by Crippen LogP contribution is 2.25. The smallest absolute Gasteiger partial charge is 0.269 e. The predicted octanol–water partition coefficient (Wildman–Crippen LogP) is 3.10. The van der Waals surface area contributed by atoms with E-state index in [0.717, 1.165) is 0 Å². The van der Waals surface area contributed by atoms with Crippen LogP contribution in [0.25, 0.3) is 0 Å². The van der Waals surface area contributed by atoms with Crippen LogP contribution < -0.4 is 10.1 Å². The van der Waals surface area contributed by atoms with E-state index in [-0.39, 0.29) is 36.3 Å². The zero-order valence-electron chi connectivity index (χ0n) is 14.6. The van der Waals surface area contributed by atoms with Gasteiger partial charge in [0.2, 0.25) is 5.91 Å². The van der Waals surface area contributed by atoms with Gasteiger partial charge in [-0.3, -0.25) is 19.7 Å². The maximum absolute atomic E-state index is 12.6. The first kappa shape index (κ1) is 19.1. The molecular formula is C19H20N2O5. The van der Waals surface area contributed by atoms with Gasteiger partial charge in [-0.05, 0) is 29.8 Å². The van der Waals surface area contributed by atoms with E-state index < -0.39 is 4.92 Å². The molecule has 26 heavy (non-hydrogen) atoms. The van der Waals surface area contributed by atoms with Crippen molar-refractivity contribution in [1.29, 1.82) is 0 Å². The van der Waals surface area contributed by atoms with Gasteiger partial charge in [0.25, 0.3) is 5.69 Å². The average Bonchev–Trinajstić information content (AvgIpc) is 2.64. The Labute approximate surface area is 151 Å². The molecule has 136 valence electrons. The largest absolute Gasteiger partial charge is 0.497 e. The molecule has 0 aliphatic carbocycles. The molecule has 1 atom stereocenters. The summed E-state index contributed by atoms with van der Waals surface area (Å²) in [5.41, 5.74) is 1.10. The summed E-state index contributed by atoms with van der Waals surface area (Å²) in [5, 5.41) is 13.7. The fraction of sp³-hybridized carbons (Fsp3) is 0.263. The number of non-ortho nitro benzene ring substituents is 1. The minimum absolute atomic E-state index is 0.0489. The van der Waals surface area contributed by atoms with Gasteiger partial charge in [0, 0.05) is 43.5 Å². The quantitative estimate of drug-likeness (QED) is 0.445. The summed E-state index contributed by atoms with van der Waals surface area (Å²) < 4.78 is 5.08. The van der Waals surface area contributed by atoms with Crippen molar-refractivity contribution in [3.8, 4) is 5.75 Å². The lowest BCUT2D eigenvalue weighted by molar-refractivity contribution is -0.384. The number of ether oxygens (including phenoxy) is 1. The molecule has 1 unspecified atom stereocenters. The highest BCUT2D eigenvalue weighted by Gasteiger charge is 2.20. The van der Waals surface area contributed by atoms with Crippen molar-refractivity contribution in [2.24, 2.45) is 0 Å². The Kier molecular flexibility index (Phi) is 6.43. The Morgan fingerprint density at radius 2 is 1.88 bits per heavy atom. The van der Waals surface area contributed by atoms with Crippen LogP contribution in [0.3, 0.4) is 0 Å². The summed E-state index contributed by atoms with van der Waals surface area (Å²) in [6.45, 7) is 1.61. The van der Waals surface area contributed by atoms with E-state index in [9.17, 15) is 19.7 Å². The van der Waals surface area contributed by atoms with E-state index in [0.29, 0.717) is 16.9 Å². The fourth-order valence-electron chi connectivity index (χ4n) is 2.59. The molecule has 0 aliphatic rings. The number of methoxy groups -OCH3 is 1. The van der Waals surface area contributed by atoms with Gasteiger partial charge >= 0.3 is 0 Å². The lowest BCUT2D eigenvalue weighted by Gasteiger charge is -2.17. The SMILES string of the molecule is COc1ccc(C(=O)CC(CNC(C)=O)c2cccc([N+](=O)[O-])c2)cc1. The number of carbonyl (C=O) groups excluding carboxylic acids is 2. The van der Waals surface area contributed by atoms with E-state index >= 15 is 0 Å². The Morgan fingerprint density at radius 1 is 1.19 bits per heavy atom. The maximum atomic E-state index is 12.6. The van der Waals surface area contributed by atoms with Crippen molar-refractivity contribution in [3.63, 3.8) is 0 Å². The molecule has 2 aromatic rings. The molecule has 0 saturated carbocycles. The molecule has 2 rings (SSSR count). The standard InChI is InChI=1S/C19H20N2O5/c1-13(22)20-12-16(15-4-3-5-17(10-15)21(24)25)11-19(23)14-6-8-18(26-2)9-7-14/h3-10,16H,11-12H2,1-2H3,(H,20,22). The number of Topliss-reactive ketones (excluding diaryl/α,β-unsaturated/α-hetero) is 1. The van der Waals surface area contributed by atoms with Crippen molar-refractivity contribution >= 4 is 17.4 Å². The highest BCUT2D eigenvalue weighted by molar-refractivity contribution is 5.96. The van der Waals surface area contributed by atoms with Crippen molar-refractivity contribution in [2.75, 3.05) is 13.7 Å². The van der Waals surface area contributed by atoms with Crippen molar-refractivity contribution in [2.45, 2.75) is 19.3 Å². The summed E-state index contributed by atoms with van der Waals surface area (Å²) in [7, 11) is 1.54. The first-order chi connectivity index (χ1) is 12.4. The van der Waals surface area contributed by atoms with Crippen molar-refractivity contribution in [3.05, 3.63) is 69.8 Å². The van der Waals surface area contributed by atoms with Crippen LogP contribution in [0.15, 0.2) is 48.5 Å². The van der Waals surface area contributed by atoms with E-state index in [1.807, 2.05) is 0 Å². The number of ketones is 1. The van der Waals surface area contributed by atoms with Crippen molar-refractivity contribution in [1.82, 2.24) is 5.32 Å². The van der Waals surface area contributed by atoms with E-state index in [4.69, 9.17) is 4.74 Å². The van der Waals surface area contributed by atoms with Gasteiger partial charge in [0.05, 0.1) is 12.0 Å². The lowest BCUT2D eigenvalue weighted by Crippen LogP contribution is -2.27. The van der Waals surface area contributed by atoms with Crippen LogP contribution in [0, 0.1) is 10.1 Å². The van der Waals surface area contributed by atoms with Crippen LogP contribution in [0.5, 0.6) is 5.75 Å². The average molecular weight is 356 g/mol. The molecule has 0 aromatic heterocycles. The van der Waals surface area contributed by atoms with Crippen LogP contribution in [0.1, 0.15) is 35.2 Å². The third kappa shape index (κ3) is 5.14. The summed E-state index contributed by atoms with van der Waals surface area (Å²) in [6.07, 6.45) is 0.119. The molecule has 7 nitrogen and oxygen atoms in total. The fourth-order valence-corrected chi connectivity index (χ4v) is 2.59. The monoisotopic (exact) mass is 356 g/mol. The third-order valence-corrected chi connectivity index (χ3v) is 3.99. The second kappa shape index (κ2) is 8.75. The summed E-state index contributed by atoms with van der Waals surface area (Å²) in [4.78, 5) is 34.4. The number of nitrogens with zero attached hydrogens (tertiary/aromatic N) is 1. The van der Waals surface area contributed by atoms with Gasteiger partial charge in [-0.1, -0.05) is 12.1 Å². The number of nitro groups is 1. The van der Waals surface area contributed by atoms with Crippen LogP contribution in [0.4, 0.5) is 5.69 Å². The van der Waals surface area contributed by atoms with Crippen molar-refractivity contribution < 1.29 is 19.2 Å². The summed E-state index contributed by atoms with van der Waals surface area (Å²) >= 11 is 0. The first-order valence-corrected chi connectivity index (χ1v) is 8.06. The van der Waals surface area contributed by atoms with Crippen LogP contribution in [-0.2, 0) is 4.79 Å². The normalized spacial score (nSPS) is 11.5. The summed E-state index contributed by atoms with van der Waals surface area (Å²) in [5.74, 6) is -0.0599. The molecule has 0 fully saturated rings. The molecule has 0 heterocycles. The summed E-state index contributed by atoms with van der Waals surface area (Å²) in [6, 6.07) is 12.9. The number of nitro benzene ring substituents is 1. The topological polar surface area (TPSA) is 98.5 Å². The number of hydrogen-bond acceptors (Lipinski definition) is 5. The molecule has 0 radical (unpaired) electrons. The second-order valence-corrected chi connectivity index (χ2v) is 5.84.